The van der Waals surface area contributed by atoms with Crippen LogP contribution in [0, 0.1) is 0 Å². The van der Waals surface area contributed by atoms with E-state index in [0.29, 0.717) is 6.61 Å². The molecular weight excluding hydrogens is 316 g/mol. The van der Waals surface area contributed by atoms with Gasteiger partial charge in [0, 0.05) is 0 Å². The van der Waals surface area contributed by atoms with Crippen LogP contribution in [-0.2, 0) is 35.1 Å². The van der Waals surface area contributed by atoms with Crippen molar-refractivity contribution < 1.29 is 33.6 Å². The van der Waals surface area contributed by atoms with Crippen LogP contribution in [-0.4, -0.2) is 54.7 Å². The van der Waals surface area contributed by atoms with Gasteiger partial charge >= 0.3 is 5.97 Å². The lowest BCUT2D eigenvalue weighted by Crippen LogP contribution is -2.46. The predicted octanol–water partition coefficient (Wildman–Crippen LogP) is 0.982. The molecular formula is C17H22O7. The molecule has 0 saturated carbocycles. The largest absolute Gasteiger partial charge is 0.467 e. The van der Waals surface area contributed by atoms with Gasteiger partial charge in [0.25, 0.3) is 0 Å². The first-order chi connectivity index (χ1) is 11.4. The average Bonchev–Trinajstić information content (AvgIpc) is 3.04. The lowest BCUT2D eigenvalue weighted by Gasteiger charge is -2.27. The lowest BCUT2D eigenvalue weighted by atomic mass is 10.1. The number of benzene rings is 1. The Kier molecular flexibility index (Phi) is 4.89. The van der Waals surface area contributed by atoms with Crippen LogP contribution >= 0.6 is 0 Å². The third-order valence-electron chi connectivity index (χ3n) is 4.07. The van der Waals surface area contributed by atoms with Crippen LogP contribution in [0.1, 0.15) is 19.4 Å². The van der Waals surface area contributed by atoms with Gasteiger partial charge in [-0.05, 0) is 19.4 Å². The molecule has 0 amide bonds. The zero-order valence-electron chi connectivity index (χ0n) is 13.9. The number of hydrogen-bond acceptors (Lipinski definition) is 7. The van der Waals surface area contributed by atoms with Gasteiger partial charge in [0.15, 0.2) is 18.2 Å². The van der Waals surface area contributed by atoms with Gasteiger partial charge in [-0.15, -0.1) is 0 Å². The van der Waals surface area contributed by atoms with Crippen molar-refractivity contribution in [2.75, 3.05) is 7.11 Å². The molecule has 7 nitrogen and oxygen atoms in total. The topological polar surface area (TPSA) is 83.5 Å². The molecule has 2 unspecified atom stereocenters. The minimum absolute atomic E-state index is 0.298. The number of ether oxygens (including phenoxy) is 5. The summed E-state index contributed by atoms with van der Waals surface area (Å²) in [6, 6.07) is 9.58. The maximum atomic E-state index is 11.7. The molecule has 0 radical (unpaired) electrons. The summed E-state index contributed by atoms with van der Waals surface area (Å²) >= 11 is 0. The fraction of sp³-hybridized carbons (Fsp3) is 0.588. The Morgan fingerprint density at radius 2 is 2.00 bits per heavy atom. The highest BCUT2D eigenvalue weighted by molar-refractivity contribution is 5.75. The zero-order valence-corrected chi connectivity index (χ0v) is 13.9. The van der Waals surface area contributed by atoms with Crippen molar-refractivity contribution in [3.05, 3.63) is 35.9 Å². The number of carbonyl (C=O) groups is 1. The van der Waals surface area contributed by atoms with Crippen LogP contribution < -0.4 is 0 Å². The van der Waals surface area contributed by atoms with E-state index in [2.05, 4.69) is 4.74 Å². The summed E-state index contributed by atoms with van der Waals surface area (Å²) in [5.41, 5.74) is 0.963. The first-order valence-corrected chi connectivity index (χ1v) is 7.84. The third kappa shape index (κ3) is 3.45. The summed E-state index contributed by atoms with van der Waals surface area (Å²) in [7, 11) is 1.21. The molecule has 1 aromatic rings. The monoisotopic (exact) mass is 338 g/mol. The number of rotatable bonds is 5. The van der Waals surface area contributed by atoms with E-state index < -0.39 is 42.5 Å². The van der Waals surface area contributed by atoms with Crippen LogP contribution in [0.3, 0.4) is 0 Å². The number of methoxy groups -OCH3 is 1. The van der Waals surface area contributed by atoms with Gasteiger partial charge in [0.2, 0.25) is 0 Å². The second kappa shape index (κ2) is 6.78. The third-order valence-corrected chi connectivity index (χ3v) is 4.07. The summed E-state index contributed by atoms with van der Waals surface area (Å²) in [6.45, 7) is 3.84. The average molecular weight is 338 g/mol. The Morgan fingerprint density at radius 1 is 1.29 bits per heavy atom. The van der Waals surface area contributed by atoms with Crippen molar-refractivity contribution in [1.82, 2.24) is 0 Å². The first-order valence-electron chi connectivity index (χ1n) is 7.84. The number of esters is 1. The SMILES string of the molecule is COC(=O)C(O)[C@@H]1O[C@H]2OC(C)(C)O[C@H]2C1OCc1ccccc1. The molecule has 132 valence electrons. The Balaban J connectivity index is 1.75. The van der Waals surface area contributed by atoms with E-state index in [1.807, 2.05) is 30.3 Å². The van der Waals surface area contributed by atoms with Crippen molar-refractivity contribution in [3.8, 4) is 0 Å². The molecule has 3 rings (SSSR count). The van der Waals surface area contributed by atoms with Gasteiger partial charge in [-0.2, -0.15) is 0 Å². The van der Waals surface area contributed by atoms with Crippen molar-refractivity contribution in [1.29, 1.82) is 0 Å². The van der Waals surface area contributed by atoms with Crippen molar-refractivity contribution in [2.45, 2.75) is 56.9 Å². The van der Waals surface area contributed by atoms with Crippen LogP contribution in [0.15, 0.2) is 30.3 Å². The Morgan fingerprint density at radius 3 is 2.67 bits per heavy atom. The van der Waals surface area contributed by atoms with Gasteiger partial charge in [-0.1, -0.05) is 30.3 Å². The lowest BCUT2D eigenvalue weighted by molar-refractivity contribution is -0.231. The predicted molar refractivity (Wildman–Crippen MR) is 81.7 cm³/mol. The molecule has 2 fully saturated rings. The molecule has 0 spiro atoms. The highest BCUT2D eigenvalue weighted by Gasteiger charge is 2.58. The molecule has 24 heavy (non-hydrogen) atoms. The summed E-state index contributed by atoms with van der Waals surface area (Å²) in [5.74, 6) is -1.60. The molecule has 0 aromatic heterocycles. The van der Waals surface area contributed by atoms with Gasteiger partial charge < -0.3 is 28.8 Å². The standard InChI is InChI=1S/C17H22O7/c1-17(2)23-14-13(21-9-10-7-5-4-6-8-10)12(22-16(14)24-17)11(18)15(19)20-3/h4-8,11-14,16,18H,9H2,1-3H3/t11?,12-,13?,14-,16-/m0/s1. The zero-order chi connectivity index (χ0) is 17.3. The maximum absolute atomic E-state index is 11.7. The van der Waals surface area contributed by atoms with E-state index in [-0.39, 0.29) is 0 Å². The molecule has 2 saturated heterocycles. The van der Waals surface area contributed by atoms with E-state index in [4.69, 9.17) is 18.9 Å². The molecule has 2 heterocycles. The second-order valence-corrected chi connectivity index (χ2v) is 6.30. The number of aliphatic hydroxyl groups excluding tert-OH is 1. The Labute approximate surface area is 140 Å². The Hall–Kier alpha value is -1.51. The van der Waals surface area contributed by atoms with Gasteiger partial charge in [0.05, 0.1) is 13.7 Å². The fourth-order valence-electron chi connectivity index (χ4n) is 2.97. The highest BCUT2D eigenvalue weighted by Crippen LogP contribution is 2.40. The number of fused-ring (bicyclic) bond motifs is 1. The quantitative estimate of drug-likeness (QED) is 0.801. The minimum Gasteiger partial charge on any atom is -0.467 e. The molecule has 5 atom stereocenters. The molecule has 2 aliphatic rings. The van der Waals surface area contributed by atoms with E-state index in [1.54, 1.807) is 13.8 Å². The van der Waals surface area contributed by atoms with E-state index in [9.17, 15) is 9.90 Å². The van der Waals surface area contributed by atoms with Crippen LogP contribution in [0.5, 0.6) is 0 Å². The van der Waals surface area contributed by atoms with Crippen molar-refractivity contribution in [3.63, 3.8) is 0 Å². The Bertz CT molecular complexity index is 574. The first kappa shape index (κ1) is 17.3. The minimum atomic E-state index is -1.48. The van der Waals surface area contributed by atoms with Crippen LogP contribution in [0.2, 0.25) is 0 Å². The van der Waals surface area contributed by atoms with Crippen molar-refractivity contribution in [2.24, 2.45) is 0 Å². The summed E-state index contributed by atoms with van der Waals surface area (Å²) in [4.78, 5) is 11.7. The van der Waals surface area contributed by atoms with Crippen LogP contribution in [0.25, 0.3) is 0 Å². The van der Waals surface area contributed by atoms with Gasteiger partial charge in [-0.3, -0.25) is 0 Å². The van der Waals surface area contributed by atoms with E-state index in [0.717, 1.165) is 5.56 Å². The molecule has 2 aliphatic heterocycles. The normalized spacial score (nSPS) is 32.3. The van der Waals surface area contributed by atoms with Crippen molar-refractivity contribution >= 4 is 5.97 Å². The molecule has 0 bridgehead atoms. The second-order valence-electron chi connectivity index (χ2n) is 6.30. The summed E-state index contributed by atoms with van der Waals surface area (Å²) in [6.07, 6.45) is -4.30. The van der Waals surface area contributed by atoms with E-state index >= 15 is 0 Å². The number of aliphatic hydroxyl groups is 1. The smallest absolute Gasteiger partial charge is 0.337 e. The van der Waals surface area contributed by atoms with Crippen LogP contribution in [0.4, 0.5) is 0 Å². The molecule has 0 aliphatic carbocycles. The maximum Gasteiger partial charge on any atom is 0.337 e. The number of hydrogen-bond donors (Lipinski definition) is 1. The van der Waals surface area contributed by atoms with Gasteiger partial charge in [0.1, 0.15) is 18.3 Å². The molecule has 1 aromatic carbocycles. The van der Waals surface area contributed by atoms with Gasteiger partial charge in [-0.25, -0.2) is 4.79 Å². The summed E-state index contributed by atoms with van der Waals surface area (Å²) in [5, 5.41) is 10.2. The molecule has 7 heteroatoms. The number of carbonyl (C=O) groups excluding carboxylic acids is 1. The molecule has 1 N–H and O–H groups in total. The summed E-state index contributed by atoms with van der Waals surface area (Å²) < 4.78 is 27.7. The fourth-order valence-corrected chi connectivity index (χ4v) is 2.97. The highest BCUT2D eigenvalue weighted by atomic mass is 16.8. The van der Waals surface area contributed by atoms with E-state index in [1.165, 1.54) is 7.11 Å².